The van der Waals surface area contributed by atoms with Crippen LogP contribution in [0.2, 0.25) is 0 Å². The van der Waals surface area contributed by atoms with Gasteiger partial charge in [0.25, 0.3) is 5.56 Å². The number of thiophene rings is 1. The van der Waals surface area contributed by atoms with Gasteiger partial charge in [-0.05, 0) is 77.4 Å². The van der Waals surface area contributed by atoms with Crippen LogP contribution in [0.3, 0.4) is 0 Å². The minimum Gasteiger partial charge on any atom is -0.364 e. The lowest BCUT2D eigenvalue weighted by molar-refractivity contribution is 0.506. The van der Waals surface area contributed by atoms with Gasteiger partial charge in [-0.2, -0.15) is 0 Å². The largest absolute Gasteiger partial charge is 0.364 e. The van der Waals surface area contributed by atoms with E-state index >= 15 is 0 Å². The standard InChI is InChI=1S/C35H35F2N5OS/c1-6-22(4)17-39-30-11-8-25(16-27(30)23(5)21(2)3)32-12-9-26(44-32)18-40-34-33-31(13-14-38-34)41-20-42(35(33)43)19-24-7-10-28(36)29(37)15-24/h7-17,20-22H,5-6,18-19H2,1-4H3,(H,38,40). The average Bonchev–Trinajstić information content (AvgIpc) is 3.50. The highest BCUT2D eigenvalue weighted by Crippen LogP contribution is 2.36. The van der Waals surface area contributed by atoms with Crippen LogP contribution in [0.15, 0.2) is 83.5 Å². The molecule has 0 bridgehead atoms. The van der Waals surface area contributed by atoms with Crippen molar-refractivity contribution in [2.75, 3.05) is 5.32 Å². The molecule has 5 rings (SSSR count). The summed E-state index contributed by atoms with van der Waals surface area (Å²) < 4.78 is 28.5. The van der Waals surface area contributed by atoms with Gasteiger partial charge in [0.15, 0.2) is 11.6 Å². The van der Waals surface area contributed by atoms with Crippen molar-refractivity contribution < 1.29 is 8.78 Å². The van der Waals surface area contributed by atoms with Gasteiger partial charge in [-0.3, -0.25) is 14.4 Å². The number of hydrogen-bond donors (Lipinski definition) is 1. The third kappa shape index (κ3) is 6.83. The molecule has 44 heavy (non-hydrogen) atoms. The molecule has 3 aromatic heterocycles. The number of halogens is 2. The highest BCUT2D eigenvalue weighted by Gasteiger charge is 2.14. The minimum absolute atomic E-state index is 0.0501. The molecule has 226 valence electrons. The summed E-state index contributed by atoms with van der Waals surface area (Å²) in [5.41, 5.74) is 4.74. The number of hydrogen-bond acceptors (Lipinski definition) is 6. The maximum atomic E-state index is 13.7. The van der Waals surface area contributed by atoms with Crippen LogP contribution in [0.1, 0.15) is 50.1 Å². The summed E-state index contributed by atoms with van der Waals surface area (Å²) in [4.78, 5) is 29.2. The summed E-state index contributed by atoms with van der Waals surface area (Å²) in [6.07, 6.45) is 6.05. The fraction of sp³-hybridized carbons (Fsp3) is 0.257. The molecule has 1 unspecified atom stereocenters. The van der Waals surface area contributed by atoms with Crippen LogP contribution in [0.5, 0.6) is 0 Å². The van der Waals surface area contributed by atoms with Crippen molar-refractivity contribution >= 4 is 45.5 Å². The first-order valence-electron chi connectivity index (χ1n) is 14.6. The molecule has 5 aromatic rings. The van der Waals surface area contributed by atoms with Crippen LogP contribution in [0, 0.1) is 23.5 Å². The van der Waals surface area contributed by atoms with Crippen LogP contribution in [-0.2, 0) is 13.1 Å². The van der Waals surface area contributed by atoms with E-state index in [9.17, 15) is 13.6 Å². The van der Waals surface area contributed by atoms with E-state index in [1.54, 1.807) is 23.6 Å². The maximum absolute atomic E-state index is 13.7. The molecule has 0 saturated carbocycles. The maximum Gasteiger partial charge on any atom is 0.265 e. The Kier molecular flexibility index (Phi) is 9.44. The monoisotopic (exact) mass is 611 g/mol. The number of anilines is 1. The lowest BCUT2D eigenvalue weighted by atomic mass is 9.94. The van der Waals surface area contributed by atoms with Crippen LogP contribution in [0.25, 0.3) is 26.9 Å². The number of aromatic nitrogens is 3. The van der Waals surface area contributed by atoms with Crippen LogP contribution in [-0.4, -0.2) is 20.7 Å². The molecule has 1 atom stereocenters. The summed E-state index contributed by atoms with van der Waals surface area (Å²) in [7, 11) is 0. The summed E-state index contributed by atoms with van der Waals surface area (Å²) in [6, 6.07) is 15.7. The third-order valence-electron chi connectivity index (χ3n) is 7.60. The summed E-state index contributed by atoms with van der Waals surface area (Å²) in [5.74, 6) is -0.800. The molecule has 0 radical (unpaired) electrons. The Balaban J connectivity index is 1.38. The first-order valence-corrected chi connectivity index (χ1v) is 15.4. The Morgan fingerprint density at radius 3 is 2.64 bits per heavy atom. The number of rotatable bonds is 11. The van der Waals surface area contributed by atoms with E-state index in [2.05, 4.69) is 79.9 Å². The molecule has 0 spiro atoms. The van der Waals surface area contributed by atoms with E-state index in [4.69, 9.17) is 4.99 Å². The van der Waals surface area contributed by atoms with Gasteiger partial charge < -0.3 is 5.32 Å². The van der Waals surface area contributed by atoms with E-state index in [1.165, 1.54) is 17.0 Å². The fourth-order valence-electron chi connectivity index (χ4n) is 4.66. The topological polar surface area (TPSA) is 72.2 Å². The Morgan fingerprint density at radius 2 is 1.89 bits per heavy atom. The highest BCUT2D eigenvalue weighted by molar-refractivity contribution is 7.15. The van der Waals surface area contributed by atoms with Crippen molar-refractivity contribution in [3.63, 3.8) is 0 Å². The molecule has 0 saturated heterocycles. The van der Waals surface area contributed by atoms with Gasteiger partial charge in [-0.15, -0.1) is 11.3 Å². The fourth-order valence-corrected chi connectivity index (χ4v) is 5.61. The lowest BCUT2D eigenvalue weighted by Crippen LogP contribution is -2.22. The summed E-state index contributed by atoms with van der Waals surface area (Å²) in [6.45, 7) is 13.4. The van der Waals surface area contributed by atoms with Crippen molar-refractivity contribution in [2.45, 2.75) is 47.2 Å². The first-order chi connectivity index (χ1) is 21.1. The molecule has 6 nitrogen and oxygen atoms in total. The zero-order valence-corrected chi connectivity index (χ0v) is 26.1. The van der Waals surface area contributed by atoms with Gasteiger partial charge in [0.1, 0.15) is 11.2 Å². The van der Waals surface area contributed by atoms with Crippen molar-refractivity contribution in [2.24, 2.45) is 16.8 Å². The SMILES string of the molecule is C=C(c1cc(-c2ccc(CNc3nccc4ncn(Cc5ccc(F)c(F)c5)c(=O)c34)s2)ccc1N=CC(C)CC)C(C)C. The predicted octanol–water partition coefficient (Wildman–Crippen LogP) is 8.88. The van der Waals surface area contributed by atoms with Crippen LogP contribution >= 0.6 is 11.3 Å². The van der Waals surface area contributed by atoms with Gasteiger partial charge in [0.2, 0.25) is 0 Å². The Labute approximate surface area is 259 Å². The molecule has 3 heterocycles. The molecule has 0 amide bonds. The van der Waals surface area contributed by atoms with Crippen LogP contribution in [0.4, 0.5) is 20.3 Å². The number of benzene rings is 2. The van der Waals surface area contributed by atoms with E-state index < -0.39 is 11.6 Å². The molecule has 0 aliphatic rings. The Bertz CT molecular complexity index is 1910. The minimum atomic E-state index is -0.962. The normalized spacial score (nSPS) is 12.3. The van der Waals surface area contributed by atoms with Crippen molar-refractivity contribution in [1.82, 2.24) is 14.5 Å². The van der Waals surface area contributed by atoms with E-state index in [0.29, 0.717) is 34.7 Å². The number of nitrogens with zero attached hydrogens (tertiary/aromatic N) is 4. The van der Waals surface area contributed by atoms with Gasteiger partial charge in [-0.1, -0.05) is 46.4 Å². The third-order valence-corrected chi connectivity index (χ3v) is 8.74. The van der Waals surface area contributed by atoms with Gasteiger partial charge in [-0.25, -0.2) is 18.7 Å². The Hall–Kier alpha value is -4.50. The first kappa shape index (κ1) is 30.9. The van der Waals surface area contributed by atoms with E-state index in [-0.39, 0.29) is 18.0 Å². The average molecular weight is 612 g/mol. The smallest absolute Gasteiger partial charge is 0.265 e. The molecule has 0 aliphatic carbocycles. The molecule has 0 aliphatic heterocycles. The van der Waals surface area contributed by atoms with E-state index in [0.717, 1.165) is 50.7 Å². The van der Waals surface area contributed by atoms with Crippen LogP contribution < -0.4 is 10.9 Å². The number of pyridine rings is 1. The highest BCUT2D eigenvalue weighted by atomic mass is 32.1. The van der Waals surface area contributed by atoms with Gasteiger partial charge in [0, 0.05) is 27.7 Å². The molecular weight excluding hydrogens is 576 g/mol. The molecule has 0 fully saturated rings. The molecule has 9 heteroatoms. The van der Waals surface area contributed by atoms with Gasteiger partial charge in [0.05, 0.1) is 30.6 Å². The Morgan fingerprint density at radius 1 is 1.07 bits per heavy atom. The number of allylic oxidation sites excluding steroid dienone is 1. The quantitative estimate of drug-likeness (QED) is 0.151. The zero-order valence-electron chi connectivity index (χ0n) is 25.3. The second-order valence-electron chi connectivity index (χ2n) is 11.2. The molecular formula is C35H35F2N5OS. The second-order valence-corrected chi connectivity index (χ2v) is 12.3. The predicted molar refractivity (Wildman–Crippen MR) is 178 cm³/mol. The molecule has 2 aromatic carbocycles. The lowest BCUT2D eigenvalue weighted by Gasteiger charge is -2.14. The van der Waals surface area contributed by atoms with Gasteiger partial charge >= 0.3 is 0 Å². The van der Waals surface area contributed by atoms with Crippen molar-refractivity contribution in [3.05, 3.63) is 112 Å². The number of aliphatic imine (C=N–C) groups is 1. The molecule has 1 N–H and O–H groups in total. The van der Waals surface area contributed by atoms with Crippen molar-refractivity contribution in [1.29, 1.82) is 0 Å². The second kappa shape index (κ2) is 13.4. The number of fused-ring (bicyclic) bond motifs is 1. The number of nitrogens with one attached hydrogen (secondary N) is 1. The van der Waals surface area contributed by atoms with E-state index in [1.807, 2.05) is 6.21 Å². The summed E-state index contributed by atoms with van der Waals surface area (Å²) >= 11 is 1.66. The zero-order chi connectivity index (χ0) is 31.4. The van der Waals surface area contributed by atoms with Crippen molar-refractivity contribution in [3.8, 4) is 10.4 Å². The summed E-state index contributed by atoms with van der Waals surface area (Å²) in [5, 5.41) is 3.64.